The van der Waals surface area contributed by atoms with Gasteiger partial charge in [0.1, 0.15) is 17.3 Å². The van der Waals surface area contributed by atoms with Crippen molar-refractivity contribution in [1.82, 2.24) is 0 Å². The summed E-state index contributed by atoms with van der Waals surface area (Å²) < 4.78 is 23.6. The van der Waals surface area contributed by atoms with Crippen LogP contribution in [0.3, 0.4) is 0 Å². The van der Waals surface area contributed by atoms with Gasteiger partial charge in [-0.25, -0.2) is 4.39 Å². The average molecular weight is 290 g/mol. The number of hydrogen-bond donors (Lipinski definition) is 2. The van der Waals surface area contributed by atoms with E-state index in [2.05, 4.69) is 5.32 Å². The van der Waals surface area contributed by atoms with Gasteiger partial charge in [-0.2, -0.15) is 0 Å². The molecule has 0 saturated heterocycles. The Hall–Kier alpha value is -2.76. The fourth-order valence-corrected chi connectivity index (χ4v) is 1.65. The number of rotatable bonds is 5. The van der Waals surface area contributed by atoms with E-state index in [9.17, 15) is 9.18 Å². The molecule has 0 aliphatic rings. The van der Waals surface area contributed by atoms with Gasteiger partial charge in [0.05, 0.1) is 11.4 Å². The predicted molar refractivity (Wildman–Crippen MR) is 77.7 cm³/mol. The Morgan fingerprint density at radius 1 is 1.19 bits per heavy atom. The topological polar surface area (TPSA) is 73.6 Å². The second kappa shape index (κ2) is 6.60. The summed E-state index contributed by atoms with van der Waals surface area (Å²) in [5, 5.41) is 2.59. The molecule has 2 rings (SSSR count). The molecule has 2 aromatic carbocycles. The number of ether oxygens (including phenoxy) is 2. The summed E-state index contributed by atoms with van der Waals surface area (Å²) >= 11 is 0. The summed E-state index contributed by atoms with van der Waals surface area (Å²) in [5.74, 6) is 0.236. The lowest BCUT2D eigenvalue weighted by molar-refractivity contribution is -0.114. The summed E-state index contributed by atoms with van der Waals surface area (Å²) in [6.45, 7) is 1.30. The van der Waals surface area contributed by atoms with Crippen molar-refractivity contribution >= 4 is 17.3 Å². The highest BCUT2D eigenvalue weighted by Crippen LogP contribution is 2.24. The van der Waals surface area contributed by atoms with Gasteiger partial charge in [-0.15, -0.1) is 0 Å². The second-order valence-corrected chi connectivity index (χ2v) is 4.29. The number of carbonyl (C=O) groups is 1. The SMILES string of the molecule is CC(=O)Nc1cc(OCOc2cccc(F)c2)ccc1N. The molecular formula is C15H15FN2O3. The Morgan fingerprint density at radius 2 is 1.90 bits per heavy atom. The number of carbonyl (C=O) groups excluding carboxylic acids is 1. The van der Waals surface area contributed by atoms with Gasteiger partial charge >= 0.3 is 0 Å². The molecule has 21 heavy (non-hydrogen) atoms. The Balaban J connectivity index is 1.95. The number of benzene rings is 2. The first kappa shape index (κ1) is 14.6. The number of amides is 1. The fourth-order valence-electron chi connectivity index (χ4n) is 1.65. The van der Waals surface area contributed by atoms with E-state index in [-0.39, 0.29) is 18.5 Å². The largest absolute Gasteiger partial charge is 0.457 e. The van der Waals surface area contributed by atoms with Gasteiger partial charge in [-0.3, -0.25) is 4.79 Å². The third-order valence-electron chi connectivity index (χ3n) is 2.58. The molecule has 0 atom stereocenters. The summed E-state index contributed by atoms with van der Waals surface area (Å²) in [5.41, 5.74) is 6.63. The molecule has 0 bridgehead atoms. The zero-order valence-corrected chi connectivity index (χ0v) is 11.4. The number of hydrogen-bond acceptors (Lipinski definition) is 4. The van der Waals surface area contributed by atoms with Gasteiger partial charge in [-0.05, 0) is 24.3 Å². The van der Waals surface area contributed by atoms with E-state index in [1.807, 2.05) is 0 Å². The molecule has 0 spiro atoms. The number of nitrogen functional groups attached to an aromatic ring is 1. The van der Waals surface area contributed by atoms with Crippen LogP contribution in [-0.4, -0.2) is 12.7 Å². The van der Waals surface area contributed by atoms with Crippen molar-refractivity contribution in [2.24, 2.45) is 0 Å². The quantitative estimate of drug-likeness (QED) is 0.656. The molecule has 2 aromatic rings. The van der Waals surface area contributed by atoms with Gasteiger partial charge in [0, 0.05) is 19.1 Å². The highest BCUT2D eigenvalue weighted by molar-refractivity contribution is 5.92. The fraction of sp³-hybridized carbons (Fsp3) is 0.133. The maximum absolute atomic E-state index is 13.0. The van der Waals surface area contributed by atoms with Crippen molar-refractivity contribution in [3.05, 3.63) is 48.3 Å². The maximum atomic E-state index is 13.0. The van der Waals surface area contributed by atoms with Crippen molar-refractivity contribution < 1.29 is 18.7 Å². The first-order chi connectivity index (χ1) is 10.0. The molecule has 5 nitrogen and oxygen atoms in total. The molecular weight excluding hydrogens is 275 g/mol. The molecule has 0 saturated carbocycles. The van der Waals surface area contributed by atoms with Gasteiger partial charge in [-0.1, -0.05) is 6.07 Å². The van der Waals surface area contributed by atoms with Crippen molar-refractivity contribution in [1.29, 1.82) is 0 Å². The zero-order valence-electron chi connectivity index (χ0n) is 11.4. The van der Waals surface area contributed by atoms with E-state index in [4.69, 9.17) is 15.2 Å². The third kappa shape index (κ3) is 4.38. The number of halogens is 1. The van der Waals surface area contributed by atoms with Gasteiger partial charge in [0.15, 0.2) is 0 Å². The third-order valence-corrected chi connectivity index (χ3v) is 2.58. The first-order valence-corrected chi connectivity index (χ1v) is 6.23. The smallest absolute Gasteiger partial charge is 0.230 e. The molecule has 0 aromatic heterocycles. The lowest BCUT2D eigenvalue weighted by Gasteiger charge is -2.11. The van der Waals surface area contributed by atoms with E-state index >= 15 is 0 Å². The molecule has 6 heteroatoms. The van der Waals surface area contributed by atoms with Crippen LogP contribution >= 0.6 is 0 Å². The van der Waals surface area contributed by atoms with Crippen LogP contribution in [0.1, 0.15) is 6.92 Å². The van der Waals surface area contributed by atoms with Crippen LogP contribution in [0, 0.1) is 5.82 Å². The van der Waals surface area contributed by atoms with Gasteiger partial charge in [0.25, 0.3) is 0 Å². The Labute approximate surface area is 121 Å². The Morgan fingerprint density at radius 3 is 2.57 bits per heavy atom. The first-order valence-electron chi connectivity index (χ1n) is 6.23. The standard InChI is InChI=1S/C15H15FN2O3/c1-10(19)18-15-8-13(5-6-14(15)17)21-9-20-12-4-2-3-11(16)7-12/h2-8H,9,17H2,1H3,(H,18,19). The molecule has 0 aliphatic heterocycles. The van der Waals surface area contributed by atoms with Crippen LogP contribution in [-0.2, 0) is 4.79 Å². The van der Waals surface area contributed by atoms with Gasteiger partial charge < -0.3 is 20.5 Å². The second-order valence-electron chi connectivity index (χ2n) is 4.29. The minimum Gasteiger partial charge on any atom is -0.457 e. The lowest BCUT2D eigenvalue weighted by Crippen LogP contribution is -2.09. The highest BCUT2D eigenvalue weighted by Gasteiger charge is 2.04. The van der Waals surface area contributed by atoms with Gasteiger partial charge in [0.2, 0.25) is 12.7 Å². The number of nitrogens with one attached hydrogen (secondary N) is 1. The molecule has 0 heterocycles. The predicted octanol–water partition coefficient (Wildman–Crippen LogP) is 2.78. The van der Waals surface area contributed by atoms with Crippen molar-refractivity contribution in [2.45, 2.75) is 6.92 Å². The van der Waals surface area contributed by atoms with Crippen LogP contribution < -0.4 is 20.5 Å². The normalized spacial score (nSPS) is 10.0. The Kier molecular flexibility index (Phi) is 4.61. The maximum Gasteiger partial charge on any atom is 0.230 e. The van der Waals surface area contributed by atoms with Crippen LogP contribution in [0.2, 0.25) is 0 Å². The molecule has 0 radical (unpaired) electrons. The summed E-state index contributed by atoms with van der Waals surface area (Å²) in [7, 11) is 0. The average Bonchev–Trinajstić information content (AvgIpc) is 2.42. The van der Waals surface area contributed by atoms with E-state index in [1.165, 1.54) is 19.1 Å². The molecule has 110 valence electrons. The number of nitrogens with two attached hydrogens (primary N) is 1. The van der Waals surface area contributed by atoms with Crippen LogP contribution in [0.4, 0.5) is 15.8 Å². The van der Waals surface area contributed by atoms with Crippen LogP contribution in [0.25, 0.3) is 0 Å². The summed E-state index contributed by atoms with van der Waals surface area (Å²) in [4.78, 5) is 11.0. The Bertz CT molecular complexity index is 647. The monoisotopic (exact) mass is 290 g/mol. The van der Waals surface area contributed by atoms with E-state index in [1.54, 1.807) is 30.3 Å². The van der Waals surface area contributed by atoms with Crippen LogP contribution in [0.5, 0.6) is 11.5 Å². The minimum atomic E-state index is -0.382. The van der Waals surface area contributed by atoms with E-state index in [0.29, 0.717) is 22.9 Å². The van der Waals surface area contributed by atoms with E-state index in [0.717, 1.165) is 0 Å². The van der Waals surface area contributed by atoms with Crippen molar-refractivity contribution in [2.75, 3.05) is 17.8 Å². The summed E-state index contributed by atoms with van der Waals surface area (Å²) in [6, 6.07) is 10.6. The minimum absolute atomic E-state index is 0.0904. The number of anilines is 2. The zero-order chi connectivity index (χ0) is 15.2. The molecule has 1 amide bonds. The molecule has 0 fully saturated rings. The van der Waals surface area contributed by atoms with E-state index < -0.39 is 0 Å². The van der Waals surface area contributed by atoms with Crippen molar-refractivity contribution in [3.63, 3.8) is 0 Å². The molecule has 0 unspecified atom stereocenters. The molecule has 0 aliphatic carbocycles. The molecule has 3 N–H and O–H groups in total. The summed E-state index contributed by atoms with van der Waals surface area (Å²) in [6.07, 6.45) is 0. The lowest BCUT2D eigenvalue weighted by atomic mass is 10.2. The van der Waals surface area contributed by atoms with Crippen molar-refractivity contribution in [3.8, 4) is 11.5 Å². The highest BCUT2D eigenvalue weighted by atomic mass is 19.1. The van der Waals surface area contributed by atoms with Crippen LogP contribution in [0.15, 0.2) is 42.5 Å².